The minimum atomic E-state index is -1.08. The van der Waals surface area contributed by atoms with Crippen molar-refractivity contribution in [3.05, 3.63) is 21.9 Å². The molecule has 0 aromatic carbocycles. The molecule has 36 heavy (non-hydrogen) atoms. The molecule has 200 valence electrons. The summed E-state index contributed by atoms with van der Waals surface area (Å²) < 4.78 is 33.3. The van der Waals surface area contributed by atoms with Gasteiger partial charge in [-0.25, -0.2) is 9.37 Å². The molecule has 5 unspecified atom stereocenters. The second-order valence-corrected chi connectivity index (χ2v) is 12.9. The lowest BCUT2D eigenvalue weighted by Crippen LogP contribution is -2.33. The van der Waals surface area contributed by atoms with Crippen LogP contribution in [0.3, 0.4) is 0 Å². The zero-order valence-corrected chi connectivity index (χ0v) is 23.0. The SMILES string of the molecule is Cc1nc(C=C(F)C2CC3(CC4CO4)OC3(C)CCCC(C)CCC(=O)C(C)(C)CCC(=O)O2)cs1. The zero-order chi connectivity index (χ0) is 26.1. The van der Waals surface area contributed by atoms with Crippen LogP contribution in [0.4, 0.5) is 4.39 Å². The number of halogens is 1. The number of carbonyl (C=O) groups excluding carboxylic acids is 2. The van der Waals surface area contributed by atoms with E-state index in [9.17, 15) is 9.59 Å². The van der Waals surface area contributed by atoms with E-state index >= 15 is 4.39 Å². The van der Waals surface area contributed by atoms with E-state index in [-0.39, 0.29) is 24.7 Å². The van der Waals surface area contributed by atoms with Crippen molar-refractivity contribution in [1.82, 2.24) is 4.98 Å². The highest BCUT2D eigenvalue weighted by atomic mass is 32.1. The average Bonchev–Trinajstić information content (AvgIpc) is 3.67. The van der Waals surface area contributed by atoms with E-state index < -0.39 is 34.5 Å². The smallest absolute Gasteiger partial charge is 0.306 e. The van der Waals surface area contributed by atoms with Crippen molar-refractivity contribution in [2.24, 2.45) is 11.3 Å². The molecule has 4 rings (SSSR count). The van der Waals surface area contributed by atoms with Crippen LogP contribution in [0, 0.1) is 18.3 Å². The Bertz CT molecular complexity index is 1000. The molecule has 4 heterocycles. The summed E-state index contributed by atoms with van der Waals surface area (Å²) in [6.07, 6.45) is 5.88. The fraction of sp³-hybridized carbons (Fsp3) is 0.750. The normalized spacial score (nSPS) is 36.2. The number of rotatable bonds is 4. The Morgan fingerprint density at radius 1 is 1.22 bits per heavy atom. The first kappa shape index (κ1) is 27.4. The molecule has 0 spiro atoms. The molecule has 0 aliphatic carbocycles. The van der Waals surface area contributed by atoms with E-state index in [0.717, 1.165) is 30.7 Å². The van der Waals surface area contributed by atoms with Gasteiger partial charge in [-0.15, -0.1) is 11.3 Å². The van der Waals surface area contributed by atoms with Crippen molar-refractivity contribution < 1.29 is 28.2 Å². The number of cyclic esters (lactones) is 1. The maximum Gasteiger partial charge on any atom is 0.306 e. The summed E-state index contributed by atoms with van der Waals surface area (Å²) in [6, 6.07) is 0. The maximum absolute atomic E-state index is 15.7. The molecule has 8 heteroatoms. The Morgan fingerprint density at radius 2 is 1.97 bits per heavy atom. The van der Waals surface area contributed by atoms with Gasteiger partial charge < -0.3 is 14.2 Å². The van der Waals surface area contributed by atoms with Gasteiger partial charge in [0.15, 0.2) is 6.10 Å². The van der Waals surface area contributed by atoms with Crippen LogP contribution in [0.25, 0.3) is 6.08 Å². The van der Waals surface area contributed by atoms with Gasteiger partial charge in [-0.3, -0.25) is 9.59 Å². The summed E-state index contributed by atoms with van der Waals surface area (Å²) in [7, 11) is 0. The quantitative estimate of drug-likeness (QED) is 0.339. The molecule has 6 nitrogen and oxygen atoms in total. The lowest BCUT2D eigenvalue weighted by molar-refractivity contribution is -0.149. The molecular formula is C28H40FNO5S. The molecule has 5 atom stereocenters. The maximum atomic E-state index is 15.7. The predicted molar refractivity (Wildman–Crippen MR) is 137 cm³/mol. The fourth-order valence-corrected chi connectivity index (χ4v) is 6.00. The molecule has 3 aliphatic rings. The first-order valence-corrected chi connectivity index (χ1v) is 14.1. The van der Waals surface area contributed by atoms with Crippen molar-refractivity contribution in [1.29, 1.82) is 0 Å². The first-order valence-electron chi connectivity index (χ1n) is 13.3. The monoisotopic (exact) mass is 521 g/mol. The number of ketones is 1. The highest BCUT2D eigenvalue weighted by Gasteiger charge is 2.68. The second-order valence-electron chi connectivity index (χ2n) is 11.8. The number of hydrogen-bond acceptors (Lipinski definition) is 7. The molecule has 0 N–H and O–H groups in total. The second kappa shape index (κ2) is 10.6. The Kier molecular flexibility index (Phi) is 8.08. The van der Waals surface area contributed by atoms with Crippen LogP contribution in [0.1, 0.15) is 96.2 Å². The number of thiazole rings is 1. The summed E-state index contributed by atoms with van der Waals surface area (Å²) in [5, 5.41) is 2.62. The fourth-order valence-electron chi connectivity index (χ4n) is 5.43. The van der Waals surface area contributed by atoms with Crippen molar-refractivity contribution in [2.75, 3.05) is 6.61 Å². The molecule has 0 amide bonds. The Morgan fingerprint density at radius 3 is 2.64 bits per heavy atom. The lowest BCUT2D eigenvalue weighted by atomic mass is 9.79. The molecule has 1 aromatic rings. The van der Waals surface area contributed by atoms with Crippen LogP contribution in [0.15, 0.2) is 11.2 Å². The number of fused-ring (bicyclic) bond motifs is 1. The Balaban J connectivity index is 1.59. The van der Waals surface area contributed by atoms with Crippen LogP contribution in [-0.4, -0.2) is 46.8 Å². The first-order chi connectivity index (χ1) is 16.9. The van der Waals surface area contributed by atoms with Crippen molar-refractivity contribution in [3.8, 4) is 0 Å². The van der Waals surface area contributed by atoms with Gasteiger partial charge in [0.1, 0.15) is 17.2 Å². The Labute approximate surface area is 218 Å². The lowest BCUT2D eigenvalue weighted by Gasteiger charge is -2.26. The van der Waals surface area contributed by atoms with Crippen molar-refractivity contribution >= 4 is 29.2 Å². The molecule has 3 aliphatic heterocycles. The summed E-state index contributed by atoms with van der Waals surface area (Å²) in [5.41, 5.74) is -1.13. The van der Waals surface area contributed by atoms with Gasteiger partial charge in [0, 0.05) is 36.5 Å². The number of esters is 1. The van der Waals surface area contributed by atoms with E-state index in [1.165, 1.54) is 17.4 Å². The zero-order valence-electron chi connectivity index (χ0n) is 22.2. The predicted octanol–water partition coefficient (Wildman–Crippen LogP) is 6.36. The summed E-state index contributed by atoms with van der Waals surface area (Å²) in [4.78, 5) is 30.1. The molecule has 0 bridgehead atoms. The minimum Gasteiger partial charge on any atom is -0.455 e. The number of carbonyl (C=O) groups is 2. The van der Waals surface area contributed by atoms with Gasteiger partial charge in [0.05, 0.1) is 29.0 Å². The third kappa shape index (κ3) is 6.62. The van der Waals surface area contributed by atoms with Gasteiger partial charge in [-0.05, 0) is 45.1 Å². The van der Waals surface area contributed by atoms with Gasteiger partial charge in [0.2, 0.25) is 0 Å². The number of Topliss-reactive ketones (excluding diaryl/α,β-unsaturated/α-hetero) is 1. The Hall–Kier alpha value is -1.64. The largest absolute Gasteiger partial charge is 0.455 e. The van der Waals surface area contributed by atoms with Crippen LogP contribution in [-0.2, 0) is 23.8 Å². The molecular weight excluding hydrogens is 481 g/mol. The van der Waals surface area contributed by atoms with Crippen LogP contribution in [0.5, 0.6) is 0 Å². The molecule has 0 saturated carbocycles. The number of epoxide rings is 2. The molecule has 0 radical (unpaired) electrons. The van der Waals surface area contributed by atoms with E-state index in [2.05, 4.69) is 18.8 Å². The van der Waals surface area contributed by atoms with Gasteiger partial charge in [0.25, 0.3) is 0 Å². The van der Waals surface area contributed by atoms with Gasteiger partial charge in [-0.2, -0.15) is 0 Å². The van der Waals surface area contributed by atoms with Crippen molar-refractivity contribution in [3.63, 3.8) is 0 Å². The summed E-state index contributed by atoms with van der Waals surface area (Å²) >= 11 is 1.44. The highest BCUT2D eigenvalue weighted by Crippen LogP contribution is 2.58. The van der Waals surface area contributed by atoms with E-state index in [1.54, 1.807) is 5.38 Å². The number of nitrogens with zero attached hydrogens (tertiary/aromatic N) is 1. The average molecular weight is 522 g/mol. The standard InChI is InChI=1S/C28H40FNO5S/c1-18-7-6-11-27(5)28(35-27,14-21-16-33-21)15-23(22(29)13-20-17-36-19(2)30-20)34-25(32)10-12-26(3,4)24(31)9-8-18/h13,17-18,21,23H,6-12,14-16H2,1-5H3. The number of aryl methyl sites for hydroxylation is 1. The van der Waals surface area contributed by atoms with Gasteiger partial charge in [-0.1, -0.05) is 33.6 Å². The summed E-state index contributed by atoms with van der Waals surface area (Å²) in [5.74, 6) is -0.440. The van der Waals surface area contributed by atoms with E-state index in [1.807, 2.05) is 20.8 Å². The van der Waals surface area contributed by atoms with E-state index in [0.29, 0.717) is 37.5 Å². The van der Waals surface area contributed by atoms with Crippen LogP contribution >= 0.6 is 11.3 Å². The van der Waals surface area contributed by atoms with Crippen LogP contribution < -0.4 is 0 Å². The third-order valence-electron chi connectivity index (χ3n) is 8.25. The minimum absolute atomic E-state index is 0.0603. The molecule has 1 aromatic heterocycles. The number of ether oxygens (including phenoxy) is 3. The molecule has 3 saturated heterocycles. The molecule has 3 fully saturated rings. The summed E-state index contributed by atoms with van der Waals surface area (Å²) in [6.45, 7) is 10.6. The highest BCUT2D eigenvalue weighted by molar-refractivity contribution is 7.09. The topological polar surface area (TPSA) is 81.3 Å². The number of aromatic nitrogens is 1. The van der Waals surface area contributed by atoms with Crippen LogP contribution in [0.2, 0.25) is 0 Å². The van der Waals surface area contributed by atoms with Gasteiger partial charge >= 0.3 is 5.97 Å². The van der Waals surface area contributed by atoms with E-state index in [4.69, 9.17) is 14.2 Å². The van der Waals surface area contributed by atoms with Crippen molar-refractivity contribution in [2.45, 2.75) is 116 Å². The number of hydrogen-bond donors (Lipinski definition) is 0. The third-order valence-corrected chi connectivity index (χ3v) is 9.04.